The molecule has 3 aromatic rings. The van der Waals surface area contributed by atoms with Crippen LogP contribution < -0.4 is 10.5 Å². The predicted molar refractivity (Wildman–Crippen MR) is 133 cm³/mol. The van der Waals surface area contributed by atoms with E-state index in [2.05, 4.69) is 18.2 Å². The molecule has 178 valence electrons. The number of aliphatic hydroxyl groups excluding tert-OH is 1. The number of aliphatic hydroxyl groups is 1. The fraction of sp³-hybridized carbons (Fsp3) is 0.357. The van der Waals surface area contributed by atoms with Gasteiger partial charge in [-0.05, 0) is 85.2 Å². The first-order valence-corrected chi connectivity index (χ1v) is 11.5. The summed E-state index contributed by atoms with van der Waals surface area (Å²) in [7, 11) is 0. The van der Waals surface area contributed by atoms with E-state index in [0.29, 0.717) is 43.6 Å². The summed E-state index contributed by atoms with van der Waals surface area (Å²) in [5.41, 5.74) is 8.66. The fourth-order valence-electron chi connectivity index (χ4n) is 4.01. The molecule has 1 atom stereocenters. The molecule has 0 aliphatic carbocycles. The quantitative estimate of drug-likeness (QED) is 0.350. The Hall–Kier alpha value is -3.40. The van der Waals surface area contributed by atoms with Gasteiger partial charge in [0.25, 0.3) is 0 Å². The number of ether oxygens (including phenoxy) is 1. The molecule has 0 fully saturated rings. The third-order valence-electron chi connectivity index (χ3n) is 5.88. The molecule has 0 bridgehead atoms. The zero-order valence-corrected chi connectivity index (χ0v) is 19.8. The van der Waals surface area contributed by atoms with Gasteiger partial charge in [-0.1, -0.05) is 36.4 Å². The Kier molecular flexibility index (Phi) is 8.27. The number of aryl methyl sites for hydroxylation is 2. The van der Waals surface area contributed by atoms with Crippen LogP contribution in [0.3, 0.4) is 0 Å². The van der Waals surface area contributed by atoms with E-state index in [-0.39, 0.29) is 6.42 Å². The van der Waals surface area contributed by atoms with Gasteiger partial charge in [0, 0.05) is 12.0 Å². The zero-order valence-electron chi connectivity index (χ0n) is 19.8. The van der Waals surface area contributed by atoms with Gasteiger partial charge in [0.1, 0.15) is 11.8 Å². The molecule has 3 aromatic carbocycles. The van der Waals surface area contributed by atoms with Gasteiger partial charge in [0.2, 0.25) is 0 Å². The summed E-state index contributed by atoms with van der Waals surface area (Å²) in [5, 5.41) is 31.3. The lowest BCUT2D eigenvalue weighted by atomic mass is 9.86. The molecule has 0 heterocycles. The number of nitriles is 1. The highest BCUT2D eigenvalue weighted by Crippen LogP contribution is 2.31. The molecule has 34 heavy (non-hydrogen) atoms. The number of carbonyl (C=O) groups is 1. The molecular formula is C28H32N2O4. The fourth-order valence-corrected chi connectivity index (χ4v) is 4.01. The number of carboxylic acids is 1. The molecule has 4 N–H and O–H groups in total. The van der Waals surface area contributed by atoms with Gasteiger partial charge < -0.3 is 20.7 Å². The predicted octanol–water partition coefficient (Wildman–Crippen LogP) is 4.90. The van der Waals surface area contributed by atoms with Crippen molar-refractivity contribution in [1.29, 1.82) is 5.26 Å². The van der Waals surface area contributed by atoms with Crippen LogP contribution in [0.5, 0.6) is 5.75 Å². The van der Waals surface area contributed by atoms with E-state index in [1.807, 2.05) is 44.2 Å². The van der Waals surface area contributed by atoms with Crippen molar-refractivity contribution in [3.05, 3.63) is 76.9 Å². The molecule has 3 rings (SSSR count). The Bertz CT molecular complexity index is 1190. The molecule has 0 aromatic heterocycles. The van der Waals surface area contributed by atoms with E-state index in [1.165, 1.54) is 0 Å². The number of carboxylic acid groups (broad SMARTS) is 1. The maximum Gasteiger partial charge on any atom is 0.303 e. The van der Waals surface area contributed by atoms with Crippen LogP contribution in [0.25, 0.3) is 10.8 Å². The van der Waals surface area contributed by atoms with Crippen molar-refractivity contribution in [1.82, 2.24) is 0 Å². The Morgan fingerprint density at radius 1 is 1.09 bits per heavy atom. The lowest BCUT2D eigenvalue weighted by Crippen LogP contribution is -2.39. The minimum absolute atomic E-state index is 0.104. The molecule has 0 unspecified atom stereocenters. The van der Waals surface area contributed by atoms with Crippen molar-refractivity contribution >= 4 is 16.7 Å². The summed E-state index contributed by atoms with van der Waals surface area (Å²) in [6, 6.07) is 19.7. The second-order valence-corrected chi connectivity index (χ2v) is 9.26. The number of rotatable bonds is 11. The van der Waals surface area contributed by atoms with Crippen LogP contribution in [0.2, 0.25) is 0 Å². The summed E-state index contributed by atoms with van der Waals surface area (Å²) >= 11 is 0. The molecule has 0 saturated carbocycles. The van der Waals surface area contributed by atoms with E-state index in [1.54, 1.807) is 12.1 Å². The van der Waals surface area contributed by atoms with Crippen LogP contribution >= 0.6 is 0 Å². The van der Waals surface area contributed by atoms with E-state index in [9.17, 15) is 15.2 Å². The average Bonchev–Trinajstić information content (AvgIpc) is 2.80. The third kappa shape index (κ3) is 6.57. The number of nitrogens with two attached hydrogens (primary N) is 1. The molecule has 6 heteroatoms. The second-order valence-electron chi connectivity index (χ2n) is 9.26. The first-order chi connectivity index (χ1) is 16.2. The van der Waals surface area contributed by atoms with Gasteiger partial charge in [0.15, 0.2) is 0 Å². The van der Waals surface area contributed by atoms with Crippen molar-refractivity contribution in [3.8, 4) is 11.8 Å². The zero-order chi connectivity index (χ0) is 24.7. The average molecular weight is 461 g/mol. The first kappa shape index (κ1) is 25.2. The Morgan fingerprint density at radius 2 is 1.79 bits per heavy atom. The molecule has 0 aliphatic heterocycles. The molecule has 6 nitrogen and oxygen atoms in total. The highest BCUT2D eigenvalue weighted by atomic mass is 16.5. The van der Waals surface area contributed by atoms with Crippen molar-refractivity contribution in [3.63, 3.8) is 0 Å². The molecule has 0 aliphatic rings. The maximum absolute atomic E-state index is 10.9. The van der Waals surface area contributed by atoms with E-state index < -0.39 is 17.6 Å². The number of nitrogens with zero attached hydrogens (tertiary/aromatic N) is 1. The van der Waals surface area contributed by atoms with Crippen molar-refractivity contribution < 1.29 is 19.7 Å². The Morgan fingerprint density at radius 3 is 2.44 bits per heavy atom. The first-order valence-electron chi connectivity index (χ1n) is 11.5. The van der Waals surface area contributed by atoms with Crippen LogP contribution in [-0.2, 0) is 17.6 Å². The molecule has 0 saturated heterocycles. The Balaban J connectivity index is 1.68. The second kappa shape index (κ2) is 11.1. The summed E-state index contributed by atoms with van der Waals surface area (Å²) in [5.74, 6) is -0.302. The van der Waals surface area contributed by atoms with Crippen LogP contribution in [0.1, 0.15) is 61.5 Å². The maximum atomic E-state index is 10.9. The largest absolute Gasteiger partial charge is 0.492 e. The number of aliphatic carboxylic acids is 1. The van der Waals surface area contributed by atoms with Gasteiger partial charge in [-0.3, -0.25) is 4.79 Å². The number of hydrogen-bond donors (Lipinski definition) is 3. The van der Waals surface area contributed by atoms with Crippen molar-refractivity contribution in [2.24, 2.45) is 5.73 Å². The number of benzene rings is 3. The van der Waals surface area contributed by atoms with Gasteiger partial charge >= 0.3 is 5.97 Å². The van der Waals surface area contributed by atoms with Crippen LogP contribution in [0, 0.1) is 11.3 Å². The van der Waals surface area contributed by atoms with E-state index in [0.717, 1.165) is 27.5 Å². The van der Waals surface area contributed by atoms with Gasteiger partial charge in [-0.25, -0.2) is 0 Å². The van der Waals surface area contributed by atoms with E-state index in [4.69, 9.17) is 15.6 Å². The topological polar surface area (TPSA) is 117 Å². The standard InChI is InChI=1S/C28H32N2O4/c1-28(2,30)27(33)24-17-21-9-4-3-8-20(21)16-22(24)10-6-14-34-25-13-12-19(15-23(25)18-29)7-5-11-26(31)32/h3-4,8-9,12-13,15-17,27,33H,5-7,10-11,14,30H2,1-2H3,(H,31,32)/t27-/m1/s1. The van der Waals surface area contributed by atoms with Gasteiger partial charge in [-0.2, -0.15) is 5.26 Å². The summed E-state index contributed by atoms with van der Waals surface area (Å²) in [6.07, 6.45) is 1.84. The Labute approximate surface area is 200 Å². The number of fused-ring (bicyclic) bond motifs is 1. The molecule has 0 radical (unpaired) electrons. The summed E-state index contributed by atoms with van der Waals surface area (Å²) < 4.78 is 5.90. The smallest absolute Gasteiger partial charge is 0.303 e. The van der Waals surface area contributed by atoms with Crippen molar-refractivity contribution in [2.45, 2.75) is 57.6 Å². The van der Waals surface area contributed by atoms with Gasteiger partial charge in [-0.15, -0.1) is 0 Å². The molecule has 0 spiro atoms. The highest BCUT2D eigenvalue weighted by molar-refractivity contribution is 5.84. The minimum atomic E-state index is -0.822. The minimum Gasteiger partial charge on any atom is -0.492 e. The van der Waals surface area contributed by atoms with Crippen LogP contribution in [-0.4, -0.2) is 28.3 Å². The lowest BCUT2D eigenvalue weighted by molar-refractivity contribution is -0.137. The lowest BCUT2D eigenvalue weighted by Gasteiger charge is -2.28. The third-order valence-corrected chi connectivity index (χ3v) is 5.88. The van der Waals surface area contributed by atoms with Crippen molar-refractivity contribution in [2.75, 3.05) is 6.61 Å². The van der Waals surface area contributed by atoms with Crippen LogP contribution in [0.15, 0.2) is 54.6 Å². The highest BCUT2D eigenvalue weighted by Gasteiger charge is 2.26. The molecular weight excluding hydrogens is 428 g/mol. The van der Waals surface area contributed by atoms with Crippen LogP contribution in [0.4, 0.5) is 0 Å². The molecule has 0 amide bonds. The summed E-state index contributed by atoms with van der Waals surface area (Å²) in [4.78, 5) is 10.7. The number of hydrogen-bond acceptors (Lipinski definition) is 5. The monoisotopic (exact) mass is 460 g/mol. The summed E-state index contributed by atoms with van der Waals surface area (Å²) in [6.45, 7) is 4.05. The normalized spacial score (nSPS) is 12.3. The van der Waals surface area contributed by atoms with Gasteiger partial charge in [0.05, 0.1) is 18.3 Å². The van der Waals surface area contributed by atoms with E-state index >= 15 is 0 Å². The SMILES string of the molecule is CC(C)(N)[C@H](O)c1cc2ccccc2cc1CCCOc1ccc(CCCC(=O)O)cc1C#N.